The van der Waals surface area contributed by atoms with Crippen LogP contribution in [0.5, 0.6) is 17.2 Å². The van der Waals surface area contributed by atoms with Crippen LogP contribution >= 0.6 is 0 Å². The summed E-state index contributed by atoms with van der Waals surface area (Å²) in [6, 6.07) is 3.25. The van der Waals surface area contributed by atoms with Crippen LogP contribution < -0.4 is 24.8 Å². The first kappa shape index (κ1) is 15.9. The first-order valence-electron chi connectivity index (χ1n) is 6.96. The van der Waals surface area contributed by atoms with Gasteiger partial charge in [-0.25, -0.2) is 0 Å². The Morgan fingerprint density at radius 2 is 1.68 bits per heavy atom. The van der Waals surface area contributed by atoms with E-state index in [4.69, 9.17) is 14.2 Å². The van der Waals surface area contributed by atoms with Crippen molar-refractivity contribution in [2.45, 2.75) is 12.8 Å². The van der Waals surface area contributed by atoms with Gasteiger partial charge in [0, 0.05) is 23.7 Å². The Hall–Kier alpha value is -2.44. The fourth-order valence-electron chi connectivity index (χ4n) is 2.02. The first-order chi connectivity index (χ1) is 10.6. The molecule has 1 fully saturated rings. The van der Waals surface area contributed by atoms with Gasteiger partial charge in [-0.05, 0) is 12.8 Å². The third-order valence-corrected chi connectivity index (χ3v) is 3.32. The number of methoxy groups -OCH3 is 3. The number of carbonyl (C=O) groups is 2. The smallest absolute Gasteiger partial charge is 0.243 e. The molecule has 0 aliphatic heterocycles. The number of amides is 2. The normalized spacial score (nSPS) is 13.2. The van der Waals surface area contributed by atoms with E-state index in [1.807, 2.05) is 0 Å². The lowest BCUT2D eigenvalue weighted by atomic mass is 10.2. The van der Waals surface area contributed by atoms with E-state index in [1.54, 1.807) is 12.1 Å². The quantitative estimate of drug-likeness (QED) is 0.790. The van der Waals surface area contributed by atoms with Crippen molar-refractivity contribution < 1.29 is 23.8 Å². The summed E-state index contributed by atoms with van der Waals surface area (Å²) in [5.41, 5.74) is 0.500. The van der Waals surface area contributed by atoms with Crippen molar-refractivity contribution in [3.63, 3.8) is 0 Å². The van der Waals surface area contributed by atoms with Crippen molar-refractivity contribution in [2.24, 2.45) is 5.92 Å². The second-order valence-electron chi connectivity index (χ2n) is 4.95. The van der Waals surface area contributed by atoms with E-state index >= 15 is 0 Å². The summed E-state index contributed by atoms with van der Waals surface area (Å²) < 4.78 is 15.6. The fraction of sp³-hybridized carbons (Fsp3) is 0.467. The lowest BCUT2D eigenvalue weighted by Crippen LogP contribution is -2.33. The summed E-state index contributed by atoms with van der Waals surface area (Å²) in [5.74, 6) is 1.03. The van der Waals surface area contributed by atoms with Gasteiger partial charge in [-0.3, -0.25) is 9.59 Å². The van der Waals surface area contributed by atoms with E-state index in [2.05, 4.69) is 10.6 Å². The maximum absolute atomic E-state index is 11.9. The average molecular weight is 308 g/mol. The topological polar surface area (TPSA) is 85.9 Å². The molecule has 120 valence electrons. The van der Waals surface area contributed by atoms with E-state index < -0.39 is 0 Å². The van der Waals surface area contributed by atoms with Crippen LogP contribution in [0.1, 0.15) is 12.8 Å². The Bertz CT molecular complexity index is 544. The number of hydrogen-bond donors (Lipinski definition) is 2. The van der Waals surface area contributed by atoms with Crippen molar-refractivity contribution in [2.75, 3.05) is 33.2 Å². The Morgan fingerprint density at radius 3 is 2.14 bits per heavy atom. The highest BCUT2D eigenvalue weighted by molar-refractivity contribution is 5.95. The third kappa shape index (κ3) is 3.81. The van der Waals surface area contributed by atoms with Crippen molar-refractivity contribution in [1.82, 2.24) is 5.32 Å². The second kappa shape index (κ2) is 7.02. The lowest BCUT2D eigenvalue weighted by molar-refractivity contribution is -0.125. The Balaban J connectivity index is 2.01. The van der Waals surface area contributed by atoms with E-state index in [9.17, 15) is 9.59 Å². The average Bonchev–Trinajstić information content (AvgIpc) is 3.36. The van der Waals surface area contributed by atoms with E-state index in [1.165, 1.54) is 21.3 Å². The highest BCUT2D eigenvalue weighted by atomic mass is 16.5. The molecule has 1 aromatic rings. The van der Waals surface area contributed by atoms with Crippen LogP contribution in [0.4, 0.5) is 5.69 Å². The summed E-state index contributed by atoms with van der Waals surface area (Å²) in [6.07, 6.45) is 1.81. The molecule has 0 radical (unpaired) electrons. The number of rotatable bonds is 7. The maximum atomic E-state index is 11.9. The first-order valence-corrected chi connectivity index (χ1v) is 6.96. The van der Waals surface area contributed by atoms with Crippen molar-refractivity contribution >= 4 is 17.5 Å². The van der Waals surface area contributed by atoms with Gasteiger partial charge in [0.2, 0.25) is 17.6 Å². The molecule has 0 saturated heterocycles. The standard InChI is InChI=1S/C15H20N2O5/c1-20-11-6-10(7-12(21-2)14(11)22-3)17-13(18)8-16-15(19)9-4-5-9/h6-7,9H,4-5,8H2,1-3H3,(H,16,19)(H,17,18). The second-order valence-corrected chi connectivity index (χ2v) is 4.95. The molecule has 7 nitrogen and oxygen atoms in total. The minimum atomic E-state index is -0.316. The van der Waals surface area contributed by atoms with Gasteiger partial charge in [0.05, 0.1) is 27.9 Å². The molecule has 1 aliphatic rings. The molecule has 0 unspecified atom stereocenters. The molecule has 0 heterocycles. The van der Waals surface area contributed by atoms with Crippen LogP contribution in [-0.4, -0.2) is 39.7 Å². The van der Waals surface area contributed by atoms with Crippen LogP contribution in [0.25, 0.3) is 0 Å². The minimum Gasteiger partial charge on any atom is -0.493 e. The molecule has 0 aromatic heterocycles. The molecule has 1 aromatic carbocycles. The summed E-state index contributed by atoms with van der Waals surface area (Å²) in [7, 11) is 4.50. The van der Waals surface area contributed by atoms with Crippen molar-refractivity contribution in [1.29, 1.82) is 0 Å². The molecule has 2 rings (SSSR count). The summed E-state index contributed by atoms with van der Waals surface area (Å²) in [4.78, 5) is 23.4. The monoisotopic (exact) mass is 308 g/mol. The summed E-state index contributed by atoms with van der Waals surface area (Å²) in [6.45, 7) is -0.0635. The molecular formula is C15H20N2O5. The molecule has 0 atom stereocenters. The summed E-state index contributed by atoms with van der Waals surface area (Å²) in [5, 5.41) is 5.29. The molecule has 2 N–H and O–H groups in total. The van der Waals surface area contributed by atoms with Crippen LogP contribution in [0.2, 0.25) is 0 Å². The van der Waals surface area contributed by atoms with E-state index in [0.29, 0.717) is 22.9 Å². The largest absolute Gasteiger partial charge is 0.493 e. The third-order valence-electron chi connectivity index (χ3n) is 3.32. The highest BCUT2D eigenvalue weighted by Crippen LogP contribution is 2.39. The molecule has 1 saturated carbocycles. The molecule has 7 heteroatoms. The Morgan fingerprint density at radius 1 is 1.09 bits per heavy atom. The van der Waals surface area contributed by atoms with Crippen LogP contribution in [0.3, 0.4) is 0 Å². The van der Waals surface area contributed by atoms with Gasteiger partial charge >= 0.3 is 0 Å². The van der Waals surface area contributed by atoms with Crippen LogP contribution in [0, 0.1) is 5.92 Å². The summed E-state index contributed by atoms with van der Waals surface area (Å²) >= 11 is 0. The molecule has 0 bridgehead atoms. The predicted octanol–water partition coefficient (Wildman–Crippen LogP) is 1.18. The van der Waals surface area contributed by atoms with E-state index in [-0.39, 0.29) is 24.3 Å². The Kier molecular flexibility index (Phi) is 5.08. The minimum absolute atomic E-state index is 0.0635. The van der Waals surface area contributed by atoms with Crippen molar-refractivity contribution in [3.8, 4) is 17.2 Å². The maximum Gasteiger partial charge on any atom is 0.243 e. The lowest BCUT2D eigenvalue weighted by Gasteiger charge is -2.14. The SMILES string of the molecule is COc1cc(NC(=O)CNC(=O)C2CC2)cc(OC)c1OC. The fourth-order valence-corrected chi connectivity index (χ4v) is 2.02. The predicted molar refractivity (Wildman–Crippen MR) is 80.5 cm³/mol. The molecule has 22 heavy (non-hydrogen) atoms. The van der Waals surface area contributed by atoms with Crippen LogP contribution in [-0.2, 0) is 9.59 Å². The zero-order valence-electron chi connectivity index (χ0n) is 12.9. The van der Waals surface area contributed by atoms with Gasteiger partial charge < -0.3 is 24.8 Å². The molecule has 2 amide bonds. The number of anilines is 1. The van der Waals surface area contributed by atoms with Crippen molar-refractivity contribution in [3.05, 3.63) is 12.1 Å². The number of ether oxygens (including phenoxy) is 3. The molecule has 0 spiro atoms. The van der Waals surface area contributed by atoms with Gasteiger partial charge in [0.15, 0.2) is 11.5 Å². The zero-order chi connectivity index (χ0) is 16.1. The number of carbonyl (C=O) groups excluding carboxylic acids is 2. The van der Waals surface area contributed by atoms with E-state index in [0.717, 1.165) is 12.8 Å². The number of nitrogens with one attached hydrogen (secondary N) is 2. The van der Waals surface area contributed by atoms with Crippen LogP contribution in [0.15, 0.2) is 12.1 Å². The highest BCUT2D eigenvalue weighted by Gasteiger charge is 2.29. The number of hydrogen-bond acceptors (Lipinski definition) is 5. The number of benzene rings is 1. The Labute approximate surface area is 128 Å². The van der Waals surface area contributed by atoms with Gasteiger partial charge in [0.25, 0.3) is 0 Å². The molecule has 1 aliphatic carbocycles. The zero-order valence-corrected chi connectivity index (χ0v) is 12.9. The van der Waals surface area contributed by atoms with Gasteiger partial charge in [-0.1, -0.05) is 0 Å². The van der Waals surface area contributed by atoms with Gasteiger partial charge in [-0.15, -0.1) is 0 Å². The molecular weight excluding hydrogens is 288 g/mol. The van der Waals surface area contributed by atoms with Gasteiger partial charge in [0.1, 0.15) is 0 Å². The van der Waals surface area contributed by atoms with Gasteiger partial charge in [-0.2, -0.15) is 0 Å².